The third kappa shape index (κ3) is 6.21. The Hall–Kier alpha value is -0.630. The largest absolute Gasteiger partial charge is 0.377 e. The molecule has 2 unspecified atom stereocenters. The van der Waals surface area contributed by atoms with Gasteiger partial charge in [0.1, 0.15) is 5.54 Å². The van der Waals surface area contributed by atoms with Gasteiger partial charge in [0.2, 0.25) is 0 Å². The smallest absolute Gasteiger partial charge is 0.105 e. The zero-order chi connectivity index (χ0) is 14.8. The maximum Gasteiger partial charge on any atom is 0.105 e. The minimum atomic E-state index is -0.396. The summed E-state index contributed by atoms with van der Waals surface area (Å²) >= 11 is 0. The minimum Gasteiger partial charge on any atom is -0.377 e. The van der Waals surface area contributed by atoms with Crippen LogP contribution < -0.4 is 5.32 Å². The second-order valence-electron chi connectivity index (χ2n) is 6.06. The normalized spacial score (nSPS) is 23.2. The molecule has 2 atom stereocenters. The van der Waals surface area contributed by atoms with E-state index in [1.807, 2.05) is 6.92 Å². The average Bonchev–Trinajstić information content (AvgIpc) is 2.49. The molecule has 1 saturated heterocycles. The number of hydrogen-bond acceptors (Lipinski definition) is 4. The summed E-state index contributed by atoms with van der Waals surface area (Å²) < 4.78 is 5.86. The molecule has 1 aliphatic rings. The number of piperidine rings is 1. The fraction of sp³-hybridized carbons (Fsp3) is 0.938. The molecule has 0 spiro atoms. The van der Waals surface area contributed by atoms with E-state index in [1.54, 1.807) is 0 Å². The van der Waals surface area contributed by atoms with Gasteiger partial charge in [-0.1, -0.05) is 13.8 Å². The van der Waals surface area contributed by atoms with Crippen LogP contribution >= 0.6 is 0 Å². The van der Waals surface area contributed by atoms with Gasteiger partial charge in [0, 0.05) is 19.7 Å². The summed E-state index contributed by atoms with van der Waals surface area (Å²) in [5.74, 6) is 0. The Labute approximate surface area is 124 Å². The lowest BCUT2D eigenvalue weighted by Crippen LogP contribution is -2.46. The van der Waals surface area contributed by atoms with Gasteiger partial charge in [-0.15, -0.1) is 0 Å². The van der Waals surface area contributed by atoms with Crippen molar-refractivity contribution in [1.82, 2.24) is 10.2 Å². The number of hydrogen-bond donors (Lipinski definition) is 1. The standard InChI is InChI=1S/C16H31N3O/c1-4-9-18-16(3,14-17)8-11-19-10-6-7-15(13-19)20-12-5-2/h15,18H,4-13H2,1-3H3. The van der Waals surface area contributed by atoms with Gasteiger partial charge in [-0.3, -0.25) is 5.32 Å². The van der Waals surface area contributed by atoms with E-state index in [1.165, 1.54) is 12.8 Å². The topological polar surface area (TPSA) is 48.3 Å². The van der Waals surface area contributed by atoms with Crippen molar-refractivity contribution < 1.29 is 4.74 Å². The van der Waals surface area contributed by atoms with Gasteiger partial charge in [-0.25, -0.2) is 0 Å². The van der Waals surface area contributed by atoms with Crippen LogP contribution in [0.15, 0.2) is 0 Å². The molecule has 0 radical (unpaired) electrons. The summed E-state index contributed by atoms with van der Waals surface area (Å²) in [4.78, 5) is 2.45. The lowest BCUT2D eigenvalue weighted by Gasteiger charge is -2.34. The van der Waals surface area contributed by atoms with E-state index < -0.39 is 5.54 Å². The molecule has 116 valence electrons. The van der Waals surface area contributed by atoms with E-state index in [4.69, 9.17) is 4.74 Å². The Morgan fingerprint density at radius 2 is 2.20 bits per heavy atom. The molecule has 4 nitrogen and oxygen atoms in total. The van der Waals surface area contributed by atoms with E-state index in [2.05, 4.69) is 30.1 Å². The van der Waals surface area contributed by atoms with Crippen molar-refractivity contribution in [3.05, 3.63) is 0 Å². The van der Waals surface area contributed by atoms with Crippen LogP contribution in [-0.4, -0.2) is 49.3 Å². The third-order valence-electron chi connectivity index (χ3n) is 3.96. The SMILES string of the molecule is CCCNC(C)(C#N)CCN1CCCC(OCCC)C1. The molecule has 20 heavy (non-hydrogen) atoms. The number of nitrogens with one attached hydrogen (secondary N) is 1. The number of ether oxygens (including phenoxy) is 1. The van der Waals surface area contributed by atoms with Gasteiger partial charge in [0.25, 0.3) is 0 Å². The molecule has 0 aromatic carbocycles. The maximum atomic E-state index is 9.35. The first-order valence-corrected chi connectivity index (χ1v) is 8.13. The molecule has 0 saturated carbocycles. The highest BCUT2D eigenvalue weighted by Crippen LogP contribution is 2.16. The van der Waals surface area contributed by atoms with Crippen molar-refractivity contribution in [1.29, 1.82) is 5.26 Å². The molecule has 1 aliphatic heterocycles. The summed E-state index contributed by atoms with van der Waals surface area (Å²) in [5, 5.41) is 12.7. The third-order valence-corrected chi connectivity index (χ3v) is 3.96. The van der Waals surface area contributed by atoms with Gasteiger partial charge in [-0.2, -0.15) is 5.26 Å². The Balaban J connectivity index is 2.34. The van der Waals surface area contributed by atoms with Gasteiger partial charge in [0.15, 0.2) is 0 Å². The molecule has 0 bridgehead atoms. The Morgan fingerprint density at radius 1 is 1.40 bits per heavy atom. The zero-order valence-corrected chi connectivity index (χ0v) is 13.5. The van der Waals surface area contributed by atoms with E-state index in [-0.39, 0.29) is 0 Å². The summed E-state index contributed by atoms with van der Waals surface area (Å²) in [5.41, 5.74) is -0.396. The van der Waals surface area contributed by atoms with Crippen LogP contribution in [0, 0.1) is 11.3 Å². The first kappa shape index (κ1) is 17.4. The molecule has 0 aromatic rings. The second kappa shape index (κ2) is 9.33. The van der Waals surface area contributed by atoms with Crippen LogP contribution in [0.5, 0.6) is 0 Å². The number of rotatable bonds is 9. The highest BCUT2D eigenvalue weighted by molar-refractivity contribution is 5.04. The van der Waals surface area contributed by atoms with E-state index >= 15 is 0 Å². The molecule has 1 fully saturated rings. The molecular weight excluding hydrogens is 250 g/mol. The van der Waals surface area contributed by atoms with Crippen LogP contribution in [-0.2, 0) is 4.74 Å². The Morgan fingerprint density at radius 3 is 2.85 bits per heavy atom. The molecular formula is C16H31N3O. The molecule has 4 heteroatoms. The van der Waals surface area contributed by atoms with Crippen LogP contribution in [0.25, 0.3) is 0 Å². The quantitative estimate of drug-likeness (QED) is 0.705. The number of likely N-dealkylation sites (tertiary alicyclic amines) is 1. The number of nitrogens with zero attached hydrogens (tertiary/aromatic N) is 2. The molecule has 0 amide bonds. The fourth-order valence-electron chi connectivity index (χ4n) is 2.60. The van der Waals surface area contributed by atoms with Crippen molar-refractivity contribution in [2.75, 3.05) is 32.8 Å². The Kier molecular flexibility index (Phi) is 8.13. The molecule has 0 aliphatic carbocycles. The van der Waals surface area contributed by atoms with Crippen LogP contribution in [0.4, 0.5) is 0 Å². The highest BCUT2D eigenvalue weighted by atomic mass is 16.5. The predicted molar refractivity (Wildman–Crippen MR) is 82.6 cm³/mol. The molecule has 1 rings (SSSR count). The maximum absolute atomic E-state index is 9.35. The average molecular weight is 281 g/mol. The number of nitriles is 1. The first-order valence-electron chi connectivity index (χ1n) is 8.13. The summed E-state index contributed by atoms with van der Waals surface area (Å²) in [6.07, 6.45) is 5.81. The van der Waals surface area contributed by atoms with Crippen molar-refractivity contribution >= 4 is 0 Å². The molecule has 1 N–H and O–H groups in total. The second-order valence-corrected chi connectivity index (χ2v) is 6.06. The fourth-order valence-corrected chi connectivity index (χ4v) is 2.60. The lowest BCUT2D eigenvalue weighted by molar-refractivity contribution is -0.00132. The molecule has 1 heterocycles. The van der Waals surface area contributed by atoms with E-state index in [0.29, 0.717) is 6.10 Å². The van der Waals surface area contributed by atoms with Crippen LogP contribution in [0.3, 0.4) is 0 Å². The van der Waals surface area contributed by atoms with E-state index in [9.17, 15) is 5.26 Å². The summed E-state index contributed by atoms with van der Waals surface area (Å²) in [7, 11) is 0. The van der Waals surface area contributed by atoms with Crippen LogP contribution in [0.2, 0.25) is 0 Å². The Bertz CT molecular complexity index is 303. The van der Waals surface area contributed by atoms with Crippen LogP contribution in [0.1, 0.15) is 52.9 Å². The van der Waals surface area contributed by atoms with Gasteiger partial charge in [-0.05, 0) is 52.1 Å². The van der Waals surface area contributed by atoms with Crippen molar-refractivity contribution in [2.45, 2.75) is 64.5 Å². The predicted octanol–water partition coefficient (Wildman–Crippen LogP) is 2.55. The summed E-state index contributed by atoms with van der Waals surface area (Å²) in [6, 6.07) is 2.43. The first-order chi connectivity index (χ1) is 9.63. The minimum absolute atomic E-state index is 0.389. The highest BCUT2D eigenvalue weighted by Gasteiger charge is 2.26. The van der Waals surface area contributed by atoms with Crippen molar-refractivity contribution in [3.63, 3.8) is 0 Å². The van der Waals surface area contributed by atoms with Crippen molar-refractivity contribution in [2.24, 2.45) is 0 Å². The monoisotopic (exact) mass is 281 g/mol. The van der Waals surface area contributed by atoms with Crippen molar-refractivity contribution in [3.8, 4) is 6.07 Å². The van der Waals surface area contributed by atoms with Gasteiger partial charge < -0.3 is 9.64 Å². The molecule has 0 aromatic heterocycles. The zero-order valence-electron chi connectivity index (χ0n) is 13.5. The van der Waals surface area contributed by atoms with Gasteiger partial charge >= 0.3 is 0 Å². The van der Waals surface area contributed by atoms with Gasteiger partial charge in [0.05, 0.1) is 12.2 Å². The lowest BCUT2D eigenvalue weighted by atomic mass is 9.98. The van der Waals surface area contributed by atoms with E-state index in [0.717, 1.165) is 52.0 Å². The summed E-state index contributed by atoms with van der Waals surface area (Å²) in [6.45, 7) is 11.2.